The summed E-state index contributed by atoms with van der Waals surface area (Å²) in [6, 6.07) is 2.04. The summed E-state index contributed by atoms with van der Waals surface area (Å²) in [7, 11) is 0. The summed E-state index contributed by atoms with van der Waals surface area (Å²) in [6.07, 6.45) is 7.09. The van der Waals surface area contributed by atoms with Crippen molar-refractivity contribution in [1.82, 2.24) is 9.97 Å². The summed E-state index contributed by atoms with van der Waals surface area (Å²) in [4.78, 5) is 11.3. The van der Waals surface area contributed by atoms with Crippen LogP contribution in [-0.2, 0) is 0 Å². The first-order valence-corrected chi connectivity index (χ1v) is 5.51. The topological polar surface area (TPSA) is 29.0 Å². The molecule has 1 saturated heterocycles. The summed E-state index contributed by atoms with van der Waals surface area (Å²) < 4.78 is 0. The number of nitrogens with zero attached hydrogens (tertiary/aromatic N) is 3. The Hall–Kier alpha value is -1.12. The van der Waals surface area contributed by atoms with Crippen molar-refractivity contribution in [2.45, 2.75) is 31.6 Å². The molecule has 14 heavy (non-hydrogen) atoms. The van der Waals surface area contributed by atoms with E-state index in [1.807, 2.05) is 12.3 Å². The molecule has 0 spiro atoms. The van der Waals surface area contributed by atoms with Crippen LogP contribution in [0.15, 0.2) is 12.3 Å². The van der Waals surface area contributed by atoms with Crippen LogP contribution in [0.25, 0.3) is 0 Å². The molecule has 2 aliphatic rings. The van der Waals surface area contributed by atoms with E-state index in [1.54, 1.807) is 0 Å². The monoisotopic (exact) mass is 189 g/mol. The minimum Gasteiger partial charge on any atom is -0.357 e. The van der Waals surface area contributed by atoms with E-state index in [0.29, 0.717) is 5.92 Å². The first-order valence-electron chi connectivity index (χ1n) is 5.51. The Morgan fingerprint density at radius 1 is 1.21 bits per heavy atom. The second-order valence-corrected chi connectivity index (χ2v) is 4.24. The maximum atomic E-state index is 4.63. The molecule has 74 valence electrons. The van der Waals surface area contributed by atoms with Crippen LogP contribution in [-0.4, -0.2) is 23.1 Å². The smallest absolute Gasteiger partial charge is 0.133 e. The van der Waals surface area contributed by atoms with Gasteiger partial charge in [0.2, 0.25) is 0 Å². The summed E-state index contributed by atoms with van der Waals surface area (Å²) in [6.45, 7) is 2.34. The predicted octanol–water partition coefficient (Wildman–Crippen LogP) is 1.95. The fourth-order valence-corrected chi connectivity index (χ4v) is 2.02. The lowest BCUT2D eigenvalue weighted by Crippen LogP contribution is -2.19. The average molecular weight is 189 g/mol. The molecule has 2 heterocycles. The lowest BCUT2D eigenvalue weighted by Gasteiger charge is -2.16. The highest BCUT2D eigenvalue weighted by Gasteiger charge is 2.27. The van der Waals surface area contributed by atoms with Crippen LogP contribution >= 0.6 is 0 Å². The molecule has 3 rings (SSSR count). The van der Waals surface area contributed by atoms with Gasteiger partial charge in [-0.05, 0) is 31.7 Å². The van der Waals surface area contributed by atoms with Crippen LogP contribution in [0.5, 0.6) is 0 Å². The Balaban J connectivity index is 1.85. The molecule has 1 aliphatic heterocycles. The lowest BCUT2D eigenvalue weighted by molar-refractivity contribution is 0.872. The molecule has 1 saturated carbocycles. The van der Waals surface area contributed by atoms with Gasteiger partial charge in [0, 0.05) is 25.2 Å². The van der Waals surface area contributed by atoms with Gasteiger partial charge < -0.3 is 4.90 Å². The number of anilines is 1. The highest BCUT2D eigenvalue weighted by Crippen LogP contribution is 2.38. The van der Waals surface area contributed by atoms with Crippen molar-refractivity contribution in [2.75, 3.05) is 18.0 Å². The average Bonchev–Trinajstić information content (AvgIpc) is 2.94. The van der Waals surface area contributed by atoms with Gasteiger partial charge in [-0.3, -0.25) is 0 Å². The van der Waals surface area contributed by atoms with Gasteiger partial charge in [-0.2, -0.15) is 0 Å². The van der Waals surface area contributed by atoms with Crippen molar-refractivity contribution in [3.05, 3.63) is 18.1 Å². The number of rotatable bonds is 2. The van der Waals surface area contributed by atoms with Gasteiger partial charge in [-0.25, -0.2) is 9.97 Å². The number of hydrogen-bond donors (Lipinski definition) is 0. The van der Waals surface area contributed by atoms with Gasteiger partial charge in [-0.15, -0.1) is 0 Å². The van der Waals surface area contributed by atoms with Crippen molar-refractivity contribution >= 4 is 5.82 Å². The van der Waals surface area contributed by atoms with E-state index < -0.39 is 0 Å². The zero-order valence-corrected chi connectivity index (χ0v) is 8.32. The molecule has 3 nitrogen and oxygen atoms in total. The second kappa shape index (κ2) is 3.23. The molecule has 0 amide bonds. The molecule has 0 N–H and O–H groups in total. The highest BCUT2D eigenvalue weighted by atomic mass is 15.2. The van der Waals surface area contributed by atoms with E-state index in [4.69, 9.17) is 0 Å². The molecule has 3 heteroatoms. The maximum Gasteiger partial charge on any atom is 0.133 e. The van der Waals surface area contributed by atoms with Crippen LogP contribution in [0.4, 0.5) is 5.82 Å². The van der Waals surface area contributed by atoms with E-state index in [2.05, 4.69) is 14.9 Å². The molecule has 0 radical (unpaired) electrons. The molecule has 0 aromatic carbocycles. The zero-order valence-electron chi connectivity index (χ0n) is 8.32. The predicted molar refractivity (Wildman–Crippen MR) is 55.5 cm³/mol. The standard InChI is InChI=1S/C11H15N3/c1-2-8-14(7-1)10-5-6-12-11(13-10)9-3-4-9/h5-6,9H,1-4,7-8H2. The minimum absolute atomic E-state index is 0.664. The molecule has 0 unspecified atom stereocenters. The van der Waals surface area contributed by atoms with Gasteiger partial charge in [0.15, 0.2) is 0 Å². The van der Waals surface area contributed by atoms with E-state index in [1.165, 1.54) is 38.8 Å². The summed E-state index contributed by atoms with van der Waals surface area (Å²) in [5, 5.41) is 0. The molecule has 0 atom stereocenters. The lowest BCUT2D eigenvalue weighted by atomic mass is 10.4. The van der Waals surface area contributed by atoms with Gasteiger partial charge in [0.25, 0.3) is 0 Å². The Bertz CT molecular complexity index is 327. The van der Waals surface area contributed by atoms with Crippen LogP contribution in [0.1, 0.15) is 37.4 Å². The molecule has 0 bridgehead atoms. The number of hydrogen-bond acceptors (Lipinski definition) is 3. The molecule has 1 aromatic heterocycles. The highest BCUT2D eigenvalue weighted by molar-refractivity contribution is 5.38. The van der Waals surface area contributed by atoms with Crippen molar-refractivity contribution < 1.29 is 0 Å². The normalized spacial score (nSPS) is 21.6. The quantitative estimate of drug-likeness (QED) is 0.712. The van der Waals surface area contributed by atoms with E-state index in [-0.39, 0.29) is 0 Å². The van der Waals surface area contributed by atoms with Gasteiger partial charge in [0.1, 0.15) is 11.6 Å². The summed E-state index contributed by atoms with van der Waals surface area (Å²) in [5.41, 5.74) is 0. The zero-order chi connectivity index (χ0) is 9.38. The van der Waals surface area contributed by atoms with Crippen LogP contribution in [0, 0.1) is 0 Å². The minimum atomic E-state index is 0.664. The molecule has 1 aliphatic carbocycles. The Morgan fingerprint density at radius 3 is 2.71 bits per heavy atom. The Kier molecular flexibility index (Phi) is 1.89. The van der Waals surface area contributed by atoms with E-state index >= 15 is 0 Å². The van der Waals surface area contributed by atoms with E-state index in [9.17, 15) is 0 Å². The van der Waals surface area contributed by atoms with Gasteiger partial charge in [0.05, 0.1) is 0 Å². The largest absolute Gasteiger partial charge is 0.357 e. The van der Waals surface area contributed by atoms with Crippen molar-refractivity contribution in [3.8, 4) is 0 Å². The molecule has 1 aromatic rings. The second-order valence-electron chi connectivity index (χ2n) is 4.24. The fraction of sp³-hybridized carbons (Fsp3) is 0.636. The fourth-order valence-electron chi connectivity index (χ4n) is 2.02. The summed E-state index contributed by atoms with van der Waals surface area (Å²) in [5.74, 6) is 2.87. The van der Waals surface area contributed by atoms with Gasteiger partial charge in [-0.1, -0.05) is 0 Å². The van der Waals surface area contributed by atoms with Gasteiger partial charge >= 0.3 is 0 Å². The Labute approximate surface area is 84.2 Å². The van der Waals surface area contributed by atoms with Crippen LogP contribution < -0.4 is 4.90 Å². The molecule has 2 fully saturated rings. The van der Waals surface area contributed by atoms with Crippen LogP contribution in [0.3, 0.4) is 0 Å². The van der Waals surface area contributed by atoms with Crippen molar-refractivity contribution in [1.29, 1.82) is 0 Å². The third-order valence-electron chi connectivity index (χ3n) is 3.03. The van der Waals surface area contributed by atoms with Crippen LogP contribution in [0.2, 0.25) is 0 Å². The first kappa shape index (κ1) is 8.21. The molecular formula is C11H15N3. The third-order valence-corrected chi connectivity index (χ3v) is 3.03. The third kappa shape index (κ3) is 1.47. The van der Waals surface area contributed by atoms with Crippen molar-refractivity contribution in [2.24, 2.45) is 0 Å². The van der Waals surface area contributed by atoms with Crippen molar-refractivity contribution in [3.63, 3.8) is 0 Å². The maximum absolute atomic E-state index is 4.63. The number of aromatic nitrogens is 2. The first-order chi connectivity index (χ1) is 6.93. The SMILES string of the molecule is c1cc(N2CCCC2)nc(C2CC2)n1. The summed E-state index contributed by atoms with van der Waals surface area (Å²) >= 11 is 0. The van der Waals surface area contributed by atoms with E-state index in [0.717, 1.165) is 11.6 Å². The Morgan fingerprint density at radius 2 is 2.00 bits per heavy atom. The molecular weight excluding hydrogens is 174 g/mol.